The molecule has 0 spiro atoms. The van der Waals surface area contributed by atoms with E-state index in [1.54, 1.807) is 35.4 Å². The third-order valence-electron chi connectivity index (χ3n) is 7.82. The minimum Gasteiger partial charge on any atom is -0.446 e. The minimum absolute atomic E-state index is 0.0171. The Bertz CT molecular complexity index is 1610. The van der Waals surface area contributed by atoms with E-state index < -0.39 is 29.8 Å². The number of carbonyl (C=O) groups excluding carboxylic acids is 2. The molecule has 3 atom stereocenters. The van der Waals surface area contributed by atoms with Crippen LogP contribution in [0.1, 0.15) is 67.9 Å². The first-order valence-electron chi connectivity index (χ1n) is 14.8. The highest BCUT2D eigenvalue weighted by molar-refractivity contribution is 6.00. The molecule has 1 fully saturated rings. The van der Waals surface area contributed by atoms with Gasteiger partial charge in [0.05, 0.1) is 23.4 Å². The van der Waals surface area contributed by atoms with Gasteiger partial charge in [-0.25, -0.2) is 4.98 Å². The third-order valence-corrected chi connectivity index (χ3v) is 7.82. The Labute approximate surface area is 259 Å². The number of hydrogen-bond donors (Lipinski definition) is 3. The highest BCUT2D eigenvalue weighted by Crippen LogP contribution is 2.33. The molecule has 1 saturated heterocycles. The molecule has 1 aliphatic rings. The molecule has 11 heteroatoms. The van der Waals surface area contributed by atoms with Crippen molar-refractivity contribution in [3.05, 3.63) is 125 Å². The number of aryl methyl sites for hydroxylation is 1. The molecule has 236 valence electrons. The average molecular weight is 621 g/mol. The van der Waals surface area contributed by atoms with Gasteiger partial charge in [-0.05, 0) is 61.6 Å². The summed E-state index contributed by atoms with van der Waals surface area (Å²) in [5.74, 6) is -0.210. The largest absolute Gasteiger partial charge is 0.446 e. The molecule has 0 unspecified atom stereocenters. The van der Waals surface area contributed by atoms with Gasteiger partial charge in [0, 0.05) is 30.8 Å². The van der Waals surface area contributed by atoms with E-state index in [1.165, 1.54) is 12.1 Å². The van der Waals surface area contributed by atoms with Gasteiger partial charge in [0.2, 0.25) is 5.89 Å². The van der Waals surface area contributed by atoms with Crippen molar-refractivity contribution in [1.29, 1.82) is 0 Å². The molecule has 0 bridgehead atoms. The molecule has 2 amide bonds. The van der Waals surface area contributed by atoms with Crippen molar-refractivity contribution >= 4 is 11.8 Å². The van der Waals surface area contributed by atoms with Crippen LogP contribution in [0.4, 0.5) is 13.2 Å². The summed E-state index contributed by atoms with van der Waals surface area (Å²) in [5, 5.41) is 17.0. The SMILES string of the molecule is Cc1coc([C@H]2CCCN2C(=O)c2cccc(C(=O)N[C@@H](Cc3ccccc3)[C@@H](O)CNCc3cccc(C(F)(F)F)c3)c2)n1. The van der Waals surface area contributed by atoms with Crippen molar-refractivity contribution < 1.29 is 32.3 Å². The summed E-state index contributed by atoms with van der Waals surface area (Å²) in [6.07, 6.45) is -2.12. The first kappa shape index (κ1) is 31.9. The number of carbonyl (C=O) groups is 2. The van der Waals surface area contributed by atoms with Crippen LogP contribution in [0.2, 0.25) is 0 Å². The second-order valence-corrected chi connectivity index (χ2v) is 11.2. The van der Waals surface area contributed by atoms with E-state index in [0.717, 1.165) is 36.2 Å². The van der Waals surface area contributed by atoms with E-state index >= 15 is 0 Å². The second kappa shape index (κ2) is 14.1. The smallest absolute Gasteiger partial charge is 0.416 e. The Morgan fingerprint density at radius 3 is 2.49 bits per heavy atom. The quantitative estimate of drug-likeness (QED) is 0.205. The maximum atomic E-state index is 13.5. The Morgan fingerprint density at radius 2 is 1.76 bits per heavy atom. The number of aliphatic hydroxyl groups is 1. The van der Waals surface area contributed by atoms with E-state index in [1.807, 2.05) is 37.3 Å². The first-order valence-corrected chi connectivity index (χ1v) is 14.8. The molecule has 3 N–H and O–H groups in total. The second-order valence-electron chi connectivity index (χ2n) is 11.2. The number of nitrogens with zero attached hydrogens (tertiary/aromatic N) is 2. The lowest BCUT2D eigenvalue weighted by Gasteiger charge is -2.25. The fourth-order valence-corrected chi connectivity index (χ4v) is 5.52. The van der Waals surface area contributed by atoms with Gasteiger partial charge in [-0.1, -0.05) is 54.6 Å². The van der Waals surface area contributed by atoms with Gasteiger partial charge in [-0.2, -0.15) is 13.2 Å². The fraction of sp³-hybridized carbons (Fsp3) is 0.324. The number of rotatable bonds is 11. The van der Waals surface area contributed by atoms with Crippen LogP contribution in [0.25, 0.3) is 0 Å². The molecule has 1 aromatic heterocycles. The summed E-state index contributed by atoms with van der Waals surface area (Å²) >= 11 is 0. The van der Waals surface area contributed by atoms with Crippen molar-refractivity contribution in [2.45, 2.75) is 57.1 Å². The normalized spacial score (nSPS) is 16.4. The Hall–Kier alpha value is -4.48. The van der Waals surface area contributed by atoms with Crippen molar-refractivity contribution in [2.24, 2.45) is 0 Å². The van der Waals surface area contributed by atoms with Crippen LogP contribution in [0.5, 0.6) is 0 Å². The molecular formula is C34H35F3N4O4. The molecule has 1 aliphatic heterocycles. The Morgan fingerprint density at radius 1 is 1.02 bits per heavy atom. The molecular weight excluding hydrogens is 585 g/mol. The maximum Gasteiger partial charge on any atom is 0.416 e. The number of oxazole rings is 1. The number of hydrogen-bond acceptors (Lipinski definition) is 6. The Kier molecular flexibility index (Phi) is 9.99. The van der Waals surface area contributed by atoms with E-state index in [9.17, 15) is 27.9 Å². The number of aliphatic hydroxyl groups excluding tert-OH is 1. The number of benzene rings is 3. The predicted octanol–water partition coefficient (Wildman–Crippen LogP) is 5.47. The van der Waals surface area contributed by atoms with Crippen LogP contribution in [-0.4, -0.2) is 52.0 Å². The summed E-state index contributed by atoms with van der Waals surface area (Å²) in [5.41, 5.74) is 1.89. The van der Waals surface area contributed by atoms with Crippen molar-refractivity contribution in [1.82, 2.24) is 20.5 Å². The lowest BCUT2D eigenvalue weighted by Crippen LogP contribution is -2.48. The molecule has 4 aromatic rings. The third kappa shape index (κ3) is 8.17. The van der Waals surface area contributed by atoms with Crippen LogP contribution in [0, 0.1) is 6.92 Å². The number of amides is 2. The lowest BCUT2D eigenvalue weighted by atomic mass is 10.00. The van der Waals surface area contributed by atoms with Gasteiger partial charge in [-0.3, -0.25) is 9.59 Å². The van der Waals surface area contributed by atoms with Gasteiger partial charge < -0.3 is 25.1 Å². The highest BCUT2D eigenvalue weighted by atomic mass is 19.4. The average Bonchev–Trinajstić information content (AvgIpc) is 3.70. The van der Waals surface area contributed by atoms with Gasteiger partial charge >= 0.3 is 6.18 Å². The van der Waals surface area contributed by atoms with Crippen molar-refractivity contribution in [3.8, 4) is 0 Å². The first-order chi connectivity index (χ1) is 21.6. The zero-order valence-corrected chi connectivity index (χ0v) is 24.8. The number of alkyl halides is 3. The molecule has 3 aromatic carbocycles. The van der Waals surface area contributed by atoms with Crippen molar-refractivity contribution in [2.75, 3.05) is 13.1 Å². The molecule has 0 saturated carbocycles. The molecule has 2 heterocycles. The standard InChI is InChI=1S/C34H35F3N4O4/c1-22-21-45-32(39-22)29-14-7-15-41(29)33(44)26-12-6-11-25(18-26)31(43)40-28(17-23-8-3-2-4-9-23)30(42)20-38-19-24-10-5-13-27(16-24)34(35,36)37/h2-6,8-13,16,18,21,28-30,38,42H,7,14-15,17,19-20H2,1H3,(H,40,43)/t28-,29+,30-/m0/s1. The summed E-state index contributed by atoms with van der Waals surface area (Å²) in [7, 11) is 0. The van der Waals surface area contributed by atoms with E-state index in [0.29, 0.717) is 30.0 Å². The van der Waals surface area contributed by atoms with Crippen LogP contribution >= 0.6 is 0 Å². The fourth-order valence-electron chi connectivity index (χ4n) is 5.52. The van der Waals surface area contributed by atoms with E-state index in [-0.39, 0.29) is 30.6 Å². The lowest BCUT2D eigenvalue weighted by molar-refractivity contribution is -0.137. The van der Waals surface area contributed by atoms with Gasteiger partial charge in [0.1, 0.15) is 12.3 Å². The van der Waals surface area contributed by atoms with Crippen LogP contribution in [0.15, 0.2) is 89.5 Å². The van der Waals surface area contributed by atoms with Crippen LogP contribution in [0.3, 0.4) is 0 Å². The summed E-state index contributed by atoms with van der Waals surface area (Å²) in [6, 6.07) is 19.7. The van der Waals surface area contributed by atoms with E-state index in [2.05, 4.69) is 15.6 Å². The van der Waals surface area contributed by atoms with Crippen LogP contribution in [-0.2, 0) is 19.1 Å². The Balaban J connectivity index is 1.26. The zero-order chi connectivity index (χ0) is 32.0. The molecule has 45 heavy (non-hydrogen) atoms. The number of likely N-dealkylation sites (tertiary alicyclic amines) is 1. The molecule has 0 aliphatic carbocycles. The number of aromatic nitrogens is 1. The minimum atomic E-state index is -4.45. The maximum absolute atomic E-state index is 13.5. The molecule has 8 nitrogen and oxygen atoms in total. The monoisotopic (exact) mass is 620 g/mol. The number of nitrogens with one attached hydrogen (secondary N) is 2. The zero-order valence-electron chi connectivity index (χ0n) is 24.8. The topological polar surface area (TPSA) is 108 Å². The van der Waals surface area contributed by atoms with E-state index in [4.69, 9.17) is 4.42 Å². The molecule has 0 radical (unpaired) electrons. The summed E-state index contributed by atoms with van der Waals surface area (Å²) < 4.78 is 44.9. The van der Waals surface area contributed by atoms with Gasteiger partial charge in [0.15, 0.2) is 0 Å². The number of halogens is 3. The van der Waals surface area contributed by atoms with Crippen molar-refractivity contribution in [3.63, 3.8) is 0 Å². The van der Waals surface area contributed by atoms with Gasteiger partial charge in [-0.15, -0.1) is 0 Å². The van der Waals surface area contributed by atoms with Gasteiger partial charge in [0.25, 0.3) is 11.8 Å². The van der Waals surface area contributed by atoms with Crippen LogP contribution < -0.4 is 10.6 Å². The predicted molar refractivity (Wildman–Crippen MR) is 161 cm³/mol. The highest BCUT2D eigenvalue weighted by Gasteiger charge is 2.34. The summed E-state index contributed by atoms with van der Waals surface area (Å²) in [4.78, 5) is 33.1. The molecule has 5 rings (SSSR count). The summed E-state index contributed by atoms with van der Waals surface area (Å²) in [6.45, 7) is 2.48.